The van der Waals surface area contributed by atoms with Gasteiger partial charge in [-0.1, -0.05) is 17.4 Å². The number of benzene rings is 2. The average molecular weight is 462 g/mol. The maximum atomic E-state index is 13.8. The van der Waals surface area contributed by atoms with Crippen molar-refractivity contribution in [3.63, 3.8) is 0 Å². The first-order valence-corrected chi connectivity index (χ1v) is 11.3. The minimum atomic E-state index is -1.05. The lowest BCUT2D eigenvalue weighted by Crippen LogP contribution is -2.39. The van der Waals surface area contributed by atoms with Crippen molar-refractivity contribution in [1.29, 1.82) is 0 Å². The molecule has 6 nitrogen and oxygen atoms in total. The molecule has 1 aliphatic rings. The Bertz CT molecular complexity index is 1120. The Labute approximate surface area is 189 Å². The normalized spacial score (nSPS) is 14.6. The summed E-state index contributed by atoms with van der Waals surface area (Å²) in [6, 6.07) is 7.00. The summed E-state index contributed by atoms with van der Waals surface area (Å²) in [4.78, 5) is 21.9. The Kier molecular flexibility index (Phi) is 6.98. The van der Waals surface area contributed by atoms with Crippen LogP contribution in [-0.4, -0.2) is 62.3 Å². The summed E-state index contributed by atoms with van der Waals surface area (Å²) in [6.07, 6.45) is 0.710. The van der Waals surface area contributed by atoms with Crippen LogP contribution in [0.15, 0.2) is 30.3 Å². The summed E-state index contributed by atoms with van der Waals surface area (Å²) in [6.45, 7) is 6.30. The largest absolute Gasteiger partial charge is 0.494 e. The molecule has 0 aliphatic carbocycles. The maximum absolute atomic E-state index is 13.8. The van der Waals surface area contributed by atoms with Crippen LogP contribution in [0.25, 0.3) is 10.2 Å². The van der Waals surface area contributed by atoms with Gasteiger partial charge in [-0.05, 0) is 43.2 Å². The molecule has 0 N–H and O–H groups in total. The van der Waals surface area contributed by atoms with Gasteiger partial charge in [0.1, 0.15) is 11.3 Å². The third kappa shape index (κ3) is 4.74. The number of methoxy groups -OCH3 is 1. The first-order valence-electron chi connectivity index (χ1n) is 10.5. The lowest BCUT2D eigenvalue weighted by atomic mass is 10.2. The standard InChI is InChI=1S/C23H25F2N3O3S/c1-15-4-7-19(30-2)20-21(15)32-23(26-20)28(9-3-8-27-10-12-31-13-11-27)22(29)16-5-6-17(24)18(25)14-16/h4-7,14H,3,8-13H2,1-2H3. The van der Waals surface area contributed by atoms with Gasteiger partial charge < -0.3 is 9.47 Å². The van der Waals surface area contributed by atoms with Crippen molar-refractivity contribution in [2.24, 2.45) is 0 Å². The van der Waals surface area contributed by atoms with Crippen LogP contribution in [0.3, 0.4) is 0 Å². The van der Waals surface area contributed by atoms with Crippen molar-refractivity contribution in [1.82, 2.24) is 9.88 Å². The van der Waals surface area contributed by atoms with E-state index in [1.165, 1.54) is 17.4 Å². The predicted octanol–water partition coefficient (Wildman–Crippen LogP) is 4.26. The quantitative estimate of drug-likeness (QED) is 0.526. The molecule has 2 heterocycles. The van der Waals surface area contributed by atoms with Crippen molar-refractivity contribution in [3.05, 3.63) is 53.1 Å². The monoisotopic (exact) mass is 461 g/mol. The number of thiazole rings is 1. The van der Waals surface area contributed by atoms with E-state index in [1.807, 2.05) is 19.1 Å². The Morgan fingerprint density at radius 2 is 2.00 bits per heavy atom. The Hall–Kier alpha value is -2.62. The van der Waals surface area contributed by atoms with Crippen molar-refractivity contribution in [2.75, 3.05) is 51.4 Å². The van der Waals surface area contributed by atoms with Crippen molar-refractivity contribution in [3.8, 4) is 5.75 Å². The second kappa shape index (κ2) is 9.89. The molecule has 170 valence electrons. The minimum absolute atomic E-state index is 0.0817. The molecule has 1 fully saturated rings. The van der Waals surface area contributed by atoms with Crippen LogP contribution in [0, 0.1) is 18.6 Å². The van der Waals surface area contributed by atoms with Gasteiger partial charge in [0.05, 0.1) is 25.0 Å². The van der Waals surface area contributed by atoms with E-state index in [-0.39, 0.29) is 5.56 Å². The first kappa shape index (κ1) is 22.6. The number of nitrogens with zero attached hydrogens (tertiary/aromatic N) is 3. The Morgan fingerprint density at radius 3 is 2.72 bits per heavy atom. The molecule has 9 heteroatoms. The van der Waals surface area contributed by atoms with Crippen LogP contribution >= 0.6 is 11.3 Å². The van der Waals surface area contributed by atoms with Crippen LogP contribution in [0.2, 0.25) is 0 Å². The smallest absolute Gasteiger partial charge is 0.260 e. The third-order valence-corrected chi connectivity index (χ3v) is 6.73. The molecule has 3 aromatic rings. The van der Waals surface area contributed by atoms with E-state index in [4.69, 9.17) is 14.5 Å². The van der Waals surface area contributed by atoms with Crippen molar-refractivity contribution >= 4 is 32.6 Å². The molecule has 32 heavy (non-hydrogen) atoms. The van der Waals surface area contributed by atoms with Crippen molar-refractivity contribution < 1.29 is 23.0 Å². The lowest BCUT2D eigenvalue weighted by molar-refractivity contribution is 0.0376. The van der Waals surface area contributed by atoms with E-state index in [0.717, 1.165) is 42.0 Å². The van der Waals surface area contributed by atoms with E-state index in [0.29, 0.717) is 42.6 Å². The van der Waals surface area contributed by atoms with E-state index < -0.39 is 17.5 Å². The van der Waals surface area contributed by atoms with Gasteiger partial charge >= 0.3 is 0 Å². The predicted molar refractivity (Wildman–Crippen MR) is 121 cm³/mol. The molecule has 0 saturated carbocycles. The number of anilines is 1. The maximum Gasteiger partial charge on any atom is 0.260 e. The number of ether oxygens (including phenoxy) is 2. The first-order chi connectivity index (χ1) is 15.5. The van der Waals surface area contributed by atoms with Crippen LogP contribution in [0.4, 0.5) is 13.9 Å². The fourth-order valence-electron chi connectivity index (χ4n) is 3.72. The number of morpholine rings is 1. The number of halogens is 2. The summed E-state index contributed by atoms with van der Waals surface area (Å²) in [5.74, 6) is -1.82. The van der Waals surface area contributed by atoms with Gasteiger partial charge in [0, 0.05) is 31.7 Å². The molecule has 2 aromatic carbocycles. The molecule has 0 radical (unpaired) electrons. The number of aryl methyl sites for hydroxylation is 1. The molecule has 0 spiro atoms. The van der Waals surface area contributed by atoms with Crippen molar-refractivity contribution in [2.45, 2.75) is 13.3 Å². The zero-order chi connectivity index (χ0) is 22.7. The molecule has 1 aromatic heterocycles. The summed E-state index contributed by atoms with van der Waals surface area (Å²) in [5, 5.41) is 0.504. The highest BCUT2D eigenvalue weighted by molar-refractivity contribution is 7.22. The van der Waals surface area contributed by atoms with Gasteiger partial charge in [0.25, 0.3) is 5.91 Å². The number of aromatic nitrogens is 1. The number of hydrogen-bond donors (Lipinski definition) is 0. The second-order valence-electron chi connectivity index (χ2n) is 7.65. The molecule has 4 rings (SSSR count). The molecule has 0 bridgehead atoms. The fraction of sp³-hybridized carbons (Fsp3) is 0.391. The fourth-order valence-corrected chi connectivity index (χ4v) is 4.80. The van der Waals surface area contributed by atoms with Gasteiger partial charge in [-0.25, -0.2) is 13.8 Å². The number of carbonyl (C=O) groups is 1. The molecular weight excluding hydrogens is 436 g/mol. The van der Waals surface area contributed by atoms with Gasteiger partial charge in [-0.2, -0.15) is 0 Å². The van der Waals surface area contributed by atoms with E-state index in [9.17, 15) is 13.6 Å². The molecule has 1 amide bonds. The van der Waals surface area contributed by atoms with E-state index >= 15 is 0 Å². The Morgan fingerprint density at radius 1 is 1.22 bits per heavy atom. The summed E-state index contributed by atoms with van der Waals surface area (Å²) >= 11 is 1.39. The molecule has 0 atom stereocenters. The molecule has 1 saturated heterocycles. The SMILES string of the molecule is COc1ccc(C)c2sc(N(CCCN3CCOCC3)C(=O)c3ccc(F)c(F)c3)nc12. The highest BCUT2D eigenvalue weighted by Crippen LogP contribution is 2.37. The van der Waals surface area contributed by atoms with Crippen LogP contribution < -0.4 is 9.64 Å². The number of hydrogen-bond acceptors (Lipinski definition) is 6. The van der Waals surface area contributed by atoms with Gasteiger partial charge in [-0.15, -0.1) is 0 Å². The highest BCUT2D eigenvalue weighted by atomic mass is 32.1. The van der Waals surface area contributed by atoms with Crippen LogP contribution in [-0.2, 0) is 4.74 Å². The zero-order valence-corrected chi connectivity index (χ0v) is 18.9. The van der Waals surface area contributed by atoms with Gasteiger partial charge in [0.15, 0.2) is 16.8 Å². The van der Waals surface area contributed by atoms with Crippen LogP contribution in [0.1, 0.15) is 22.3 Å². The summed E-state index contributed by atoms with van der Waals surface area (Å²) in [7, 11) is 1.58. The summed E-state index contributed by atoms with van der Waals surface area (Å²) < 4.78 is 39.0. The highest BCUT2D eigenvalue weighted by Gasteiger charge is 2.24. The second-order valence-corrected chi connectivity index (χ2v) is 8.63. The zero-order valence-electron chi connectivity index (χ0n) is 18.1. The Balaban J connectivity index is 1.64. The average Bonchev–Trinajstić information content (AvgIpc) is 3.25. The number of fused-ring (bicyclic) bond motifs is 1. The molecule has 1 aliphatic heterocycles. The van der Waals surface area contributed by atoms with Gasteiger partial charge in [-0.3, -0.25) is 14.6 Å². The van der Waals surface area contributed by atoms with E-state index in [1.54, 1.807) is 12.0 Å². The third-order valence-electron chi connectivity index (χ3n) is 5.51. The van der Waals surface area contributed by atoms with Crippen LogP contribution in [0.5, 0.6) is 5.75 Å². The summed E-state index contributed by atoms with van der Waals surface area (Å²) in [5.41, 5.74) is 1.79. The lowest BCUT2D eigenvalue weighted by Gasteiger charge is -2.27. The topological polar surface area (TPSA) is 54.9 Å². The number of rotatable bonds is 7. The number of carbonyl (C=O) groups excluding carboxylic acids is 1. The molecular formula is C23H25F2N3O3S. The van der Waals surface area contributed by atoms with E-state index in [2.05, 4.69) is 4.90 Å². The molecule has 0 unspecified atom stereocenters. The number of amides is 1. The van der Waals surface area contributed by atoms with Gasteiger partial charge in [0.2, 0.25) is 0 Å². The minimum Gasteiger partial charge on any atom is -0.494 e.